The standard InChI is InChI=1S/C51H97O10P/c1-3-5-7-9-11-13-15-17-19-21-22-23-24-25-26-27-29-30-32-34-36-38-40-42-50(54)58-46-49(47-60-62(56,57)59-45-48(53)44-52)61-51(55)43-41-39-37-35-33-31-28-20-18-16-14-12-10-8-6-4-2/h27,29,34,36,48-49,52-53H,3-26,28,30-33,35,37-47H2,1-2H3,(H,56,57)/b29-27+,36-34+/t48-,49+/m1/s1. The maximum atomic E-state index is 12.7. The summed E-state index contributed by atoms with van der Waals surface area (Å²) in [5.74, 6) is -0.961. The number of ether oxygens (including phenoxy) is 2. The largest absolute Gasteiger partial charge is 0.472 e. The van der Waals surface area contributed by atoms with Crippen molar-refractivity contribution in [2.75, 3.05) is 26.4 Å². The molecule has 0 saturated carbocycles. The highest BCUT2D eigenvalue weighted by Crippen LogP contribution is 2.43. The molecule has 0 rings (SSSR count). The van der Waals surface area contributed by atoms with Crippen molar-refractivity contribution in [1.82, 2.24) is 0 Å². The van der Waals surface area contributed by atoms with E-state index in [9.17, 15) is 24.2 Å². The third kappa shape index (κ3) is 46.4. The summed E-state index contributed by atoms with van der Waals surface area (Å²) in [5, 5.41) is 18.4. The number of allylic oxidation sites excluding steroid dienone is 4. The van der Waals surface area contributed by atoms with E-state index in [1.54, 1.807) is 0 Å². The van der Waals surface area contributed by atoms with Crippen LogP contribution in [0.25, 0.3) is 0 Å². The van der Waals surface area contributed by atoms with Crippen LogP contribution in [0.4, 0.5) is 0 Å². The van der Waals surface area contributed by atoms with Crippen molar-refractivity contribution in [3.8, 4) is 0 Å². The third-order valence-corrected chi connectivity index (χ3v) is 12.3. The number of phosphoric ester groups is 1. The first-order valence-corrected chi connectivity index (χ1v) is 27.3. The van der Waals surface area contributed by atoms with Gasteiger partial charge in [-0.25, -0.2) is 4.57 Å². The van der Waals surface area contributed by atoms with Crippen LogP contribution in [0.2, 0.25) is 0 Å². The summed E-state index contributed by atoms with van der Waals surface area (Å²) in [6.07, 6.45) is 50.2. The molecule has 0 heterocycles. The lowest BCUT2D eigenvalue weighted by molar-refractivity contribution is -0.161. The molecule has 0 amide bonds. The van der Waals surface area contributed by atoms with E-state index in [1.807, 2.05) is 0 Å². The van der Waals surface area contributed by atoms with Gasteiger partial charge in [0, 0.05) is 12.8 Å². The quantitative estimate of drug-likeness (QED) is 0.0233. The van der Waals surface area contributed by atoms with Crippen LogP contribution >= 0.6 is 7.82 Å². The molecule has 3 N–H and O–H groups in total. The first-order chi connectivity index (χ1) is 30.2. The molecule has 62 heavy (non-hydrogen) atoms. The van der Waals surface area contributed by atoms with E-state index in [2.05, 4.69) is 38.2 Å². The molecule has 1 unspecified atom stereocenters. The summed E-state index contributed by atoms with van der Waals surface area (Å²) < 4.78 is 32.8. The van der Waals surface area contributed by atoms with E-state index < -0.39 is 51.8 Å². The molecule has 0 aliphatic carbocycles. The Morgan fingerprint density at radius 1 is 0.468 bits per heavy atom. The first-order valence-electron chi connectivity index (χ1n) is 25.8. The molecule has 0 aromatic rings. The molecule has 10 nitrogen and oxygen atoms in total. The van der Waals surface area contributed by atoms with Gasteiger partial charge in [-0.15, -0.1) is 0 Å². The Morgan fingerprint density at radius 2 is 0.823 bits per heavy atom. The van der Waals surface area contributed by atoms with Crippen molar-refractivity contribution in [3.63, 3.8) is 0 Å². The molecule has 0 aliphatic heterocycles. The number of phosphoric acid groups is 1. The molecular weight excluding hydrogens is 804 g/mol. The molecular formula is C51H97O10P. The maximum absolute atomic E-state index is 12.7. The van der Waals surface area contributed by atoms with Crippen LogP contribution in [0.1, 0.15) is 251 Å². The van der Waals surface area contributed by atoms with Crippen molar-refractivity contribution >= 4 is 19.8 Å². The second kappa shape index (κ2) is 47.4. The van der Waals surface area contributed by atoms with E-state index >= 15 is 0 Å². The summed E-state index contributed by atoms with van der Waals surface area (Å²) in [6.45, 7) is 2.39. The van der Waals surface area contributed by atoms with Crippen LogP contribution in [-0.4, -0.2) is 65.7 Å². The normalized spacial score (nSPS) is 13.8. The minimum Gasteiger partial charge on any atom is -0.462 e. The van der Waals surface area contributed by atoms with Crippen molar-refractivity contribution in [3.05, 3.63) is 24.3 Å². The average molecular weight is 901 g/mol. The summed E-state index contributed by atoms with van der Waals surface area (Å²) in [4.78, 5) is 35.1. The zero-order valence-corrected chi connectivity index (χ0v) is 41.0. The second-order valence-corrected chi connectivity index (χ2v) is 19.0. The maximum Gasteiger partial charge on any atom is 0.472 e. The van der Waals surface area contributed by atoms with Crippen molar-refractivity contribution in [2.24, 2.45) is 0 Å². The van der Waals surface area contributed by atoms with Gasteiger partial charge < -0.3 is 24.6 Å². The summed E-state index contributed by atoms with van der Waals surface area (Å²) in [7, 11) is -4.63. The zero-order chi connectivity index (χ0) is 45.5. The Balaban J connectivity index is 4.19. The molecule has 0 aliphatic rings. The smallest absolute Gasteiger partial charge is 0.462 e. The number of carbonyl (C=O) groups is 2. The van der Waals surface area contributed by atoms with Gasteiger partial charge in [-0.3, -0.25) is 18.6 Å². The highest BCUT2D eigenvalue weighted by molar-refractivity contribution is 7.47. The predicted molar refractivity (Wildman–Crippen MR) is 256 cm³/mol. The fraction of sp³-hybridized carbons (Fsp3) is 0.882. The minimum atomic E-state index is -4.63. The number of rotatable bonds is 49. The van der Waals surface area contributed by atoms with Gasteiger partial charge in [0.25, 0.3) is 0 Å². The third-order valence-electron chi connectivity index (χ3n) is 11.3. The fourth-order valence-corrected chi connectivity index (χ4v) is 8.16. The number of carbonyl (C=O) groups excluding carboxylic acids is 2. The van der Waals surface area contributed by atoms with Gasteiger partial charge in [-0.05, 0) is 44.9 Å². The number of aliphatic hydroxyl groups is 2. The number of aliphatic hydroxyl groups excluding tert-OH is 2. The molecule has 0 aromatic carbocycles. The van der Waals surface area contributed by atoms with Gasteiger partial charge in [-0.2, -0.15) is 0 Å². The van der Waals surface area contributed by atoms with E-state index in [0.717, 1.165) is 44.9 Å². The highest BCUT2D eigenvalue weighted by Gasteiger charge is 2.27. The Kier molecular flexibility index (Phi) is 46.2. The number of esters is 2. The van der Waals surface area contributed by atoms with Crippen LogP contribution < -0.4 is 0 Å². The molecule has 0 aromatic heterocycles. The van der Waals surface area contributed by atoms with Gasteiger partial charge in [0.1, 0.15) is 12.7 Å². The van der Waals surface area contributed by atoms with Crippen molar-refractivity contribution in [1.29, 1.82) is 0 Å². The summed E-state index contributed by atoms with van der Waals surface area (Å²) in [6, 6.07) is 0. The Labute approximate surface area is 380 Å². The molecule has 0 bridgehead atoms. The molecule has 11 heteroatoms. The van der Waals surface area contributed by atoms with Crippen LogP contribution in [0.5, 0.6) is 0 Å². The molecule has 0 saturated heterocycles. The summed E-state index contributed by atoms with van der Waals surface area (Å²) in [5.41, 5.74) is 0. The first kappa shape index (κ1) is 60.5. The van der Waals surface area contributed by atoms with E-state index in [-0.39, 0.29) is 19.4 Å². The monoisotopic (exact) mass is 901 g/mol. The predicted octanol–water partition coefficient (Wildman–Crippen LogP) is 14.5. The summed E-state index contributed by atoms with van der Waals surface area (Å²) >= 11 is 0. The van der Waals surface area contributed by atoms with Gasteiger partial charge in [-0.1, -0.05) is 218 Å². The average Bonchev–Trinajstić information content (AvgIpc) is 3.26. The molecule has 0 radical (unpaired) electrons. The van der Waals surface area contributed by atoms with E-state index in [0.29, 0.717) is 12.8 Å². The second-order valence-electron chi connectivity index (χ2n) is 17.5. The van der Waals surface area contributed by atoms with Gasteiger partial charge >= 0.3 is 19.8 Å². The topological polar surface area (TPSA) is 149 Å². The Hall–Kier alpha value is -1.55. The minimum absolute atomic E-state index is 0.181. The Bertz CT molecular complexity index is 1080. The van der Waals surface area contributed by atoms with Gasteiger partial charge in [0.2, 0.25) is 0 Å². The highest BCUT2D eigenvalue weighted by atomic mass is 31.2. The van der Waals surface area contributed by atoms with Crippen molar-refractivity contribution in [2.45, 2.75) is 264 Å². The lowest BCUT2D eigenvalue weighted by atomic mass is 10.0. The molecule has 0 fully saturated rings. The molecule has 366 valence electrons. The van der Waals surface area contributed by atoms with Crippen molar-refractivity contribution < 1.29 is 47.8 Å². The number of hydrogen-bond acceptors (Lipinski definition) is 9. The Morgan fingerprint density at radius 3 is 1.26 bits per heavy atom. The lowest BCUT2D eigenvalue weighted by Crippen LogP contribution is -2.29. The van der Waals surface area contributed by atoms with Crippen LogP contribution in [-0.2, 0) is 32.7 Å². The van der Waals surface area contributed by atoms with E-state index in [1.165, 1.54) is 167 Å². The van der Waals surface area contributed by atoms with Crippen LogP contribution in [0.3, 0.4) is 0 Å². The fourth-order valence-electron chi connectivity index (χ4n) is 7.37. The van der Waals surface area contributed by atoms with Crippen LogP contribution in [0, 0.1) is 0 Å². The number of unbranched alkanes of at least 4 members (excludes halogenated alkanes) is 31. The van der Waals surface area contributed by atoms with Gasteiger partial charge in [0.15, 0.2) is 6.10 Å². The van der Waals surface area contributed by atoms with E-state index in [4.69, 9.17) is 23.6 Å². The van der Waals surface area contributed by atoms with Gasteiger partial charge in [0.05, 0.1) is 19.8 Å². The van der Waals surface area contributed by atoms with Crippen LogP contribution in [0.15, 0.2) is 24.3 Å². The number of hydrogen-bond donors (Lipinski definition) is 3. The zero-order valence-electron chi connectivity index (χ0n) is 40.1. The molecule has 3 atom stereocenters. The lowest BCUT2D eigenvalue weighted by Gasteiger charge is -2.20. The SMILES string of the molecule is CCCCCCCCCCCCCCCC/C=C/CC/C=C/CCCC(=O)OC[C@@H](COP(=O)(O)OC[C@H](O)CO)OC(=O)CCCCCCCCCCCCCCCCCC. The molecule has 0 spiro atoms.